The number of unbranched alkanes of at least 4 members (excludes halogenated alkanes) is 2. The Bertz CT molecular complexity index is 980. The van der Waals surface area contributed by atoms with E-state index >= 15 is 0 Å². The summed E-state index contributed by atoms with van der Waals surface area (Å²) >= 11 is 0. The van der Waals surface area contributed by atoms with E-state index in [1.807, 2.05) is 26.8 Å². The smallest absolute Gasteiger partial charge is 0.413 e. The Hall–Kier alpha value is -3.02. The number of ether oxygens (including phenoxy) is 3. The zero-order valence-corrected chi connectivity index (χ0v) is 19.0. The molecule has 1 heterocycles. The number of methoxy groups -OCH3 is 1. The minimum Gasteiger partial charge on any atom is -0.482 e. The average Bonchev–Trinajstić information content (AvgIpc) is 2.71. The minimum atomic E-state index is -0.711. The van der Waals surface area contributed by atoms with Crippen molar-refractivity contribution in [1.82, 2.24) is 5.32 Å². The Labute approximate surface area is 183 Å². The number of carbonyl (C=O) groups is 2. The fourth-order valence-electron chi connectivity index (χ4n) is 3.87. The third kappa shape index (κ3) is 5.19. The number of aryl methyl sites for hydroxylation is 2. The van der Waals surface area contributed by atoms with Gasteiger partial charge in [0, 0.05) is 5.56 Å². The molecule has 0 aliphatic carbocycles. The van der Waals surface area contributed by atoms with Crippen LogP contribution >= 0.6 is 0 Å². The van der Waals surface area contributed by atoms with Gasteiger partial charge in [-0.2, -0.15) is 0 Å². The maximum atomic E-state index is 12.4. The zero-order valence-electron chi connectivity index (χ0n) is 19.0. The van der Waals surface area contributed by atoms with Crippen molar-refractivity contribution in [3.05, 3.63) is 47.0 Å². The molecule has 1 aliphatic rings. The second-order valence-electron chi connectivity index (χ2n) is 8.40. The molecule has 0 spiro atoms. The van der Waals surface area contributed by atoms with Crippen LogP contribution in [0.5, 0.6) is 11.5 Å². The Morgan fingerprint density at radius 2 is 1.90 bits per heavy atom. The van der Waals surface area contributed by atoms with E-state index in [9.17, 15) is 9.59 Å². The van der Waals surface area contributed by atoms with E-state index in [1.165, 1.54) is 7.11 Å². The molecule has 1 aliphatic heterocycles. The van der Waals surface area contributed by atoms with Crippen molar-refractivity contribution >= 4 is 12.1 Å². The molecule has 0 radical (unpaired) electrons. The predicted molar refractivity (Wildman–Crippen MR) is 120 cm³/mol. The summed E-state index contributed by atoms with van der Waals surface area (Å²) in [6, 6.07) is 10.2. The van der Waals surface area contributed by atoms with Crippen LogP contribution in [0.15, 0.2) is 30.3 Å². The van der Waals surface area contributed by atoms with Gasteiger partial charge in [0.15, 0.2) is 0 Å². The van der Waals surface area contributed by atoms with Gasteiger partial charge in [-0.15, -0.1) is 0 Å². The van der Waals surface area contributed by atoms with Gasteiger partial charge in [0.2, 0.25) is 0 Å². The first-order valence-electron chi connectivity index (χ1n) is 10.7. The number of fused-ring (bicyclic) bond motifs is 3. The van der Waals surface area contributed by atoms with Crippen molar-refractivity contribution in [3.8, 4) is 22.6 Å². The van der Waals surface area contributed by atoms with Crippen LogP contribution < -0.4 is 14.8 Å². The number of rotatable bonds is 7. The first-order valence-corrected chi connectivity index (χ1v) is 10.7. The molecule has 6 heteroatoms. The molecule has 166 valence electrons. The van der Waals surface area contributed by atoms with E-state index in [2.05, 4.69) is 41.2 Å². The summed E-state index contributed by atoms with van der Waals surface area (Å²) in [5.74, 6) is 0.583. The van der Waals surface area contributed by atoms with Gasteiger partial charge in [-0.3, -0.25) is 4.79 Å². The van der Waals surface area contributed by atoms with Gasteiger partial charge < -0.3 is 19.5 Å². The molecule has 0 fully saturated rings. The molecule has 0 unspecified atom stereocenters. The Kier molecular flexibility index (Phi) is 6.88. The van der Waals surface area contributed by atoms with Crippen molar-refractivity contribution in [2.24, 2.45) is 0 Å². The molecule has 6 nitrogen and oxygen atoms in total. The minimum absolute atomic E-state index is 0.257. The topological polar surface area (TPSA) is 73.9 Å². The third-order valence-corrected chi connectivity index (χ3v) is 5.46. The van der Waals surface area contributed by atoms with Gasteiger partial charge in [0.05, 0.1) is 12.7 Å². The van der Waals surface area contributed by atoms with Crippen LogP contribution in [0.2, 0.25) is 0 Å². The van der Waals surface area contributed by atoms with Gasteiger partial charge in [0.25, 0.3) is 0 Å². The predicted octanol–water partition coefficient (Wildman–Crippen LogP) is 5.28. The van der Waals surface area contributed by atoms with Crippen LogP contribution in [0.3, 0.4) is 0 Å². The number of nitrogens with one attached hydrogen (secondary N) is 1. The zero-order chi connectivity index (χ0) is 22.6. The van der Waals surface area contributed by atoms with E-state index in [4.69, 9.17) is 9.47 Å². The van der Waals surface area contributed by atoms with Gasteiger partial charge >= 0.3 is 12.1 Å². The highest BCUT2D eigenvalue weighted by Crippen LogP contribution is 2.50. The number of hydrogen-bond donors (Lipinski definition) is 1. The number of carbonyl (C=O) groups excluding carboxylic acids is 2. The summed E-state index contributed by atoms with van der Waals surface area (Å²) in [5, 5.41) is 2.44. The molecule has 0 saturated heterocycles. The second kappa shape index (κ2) is 9.41. The molecule has 0 atom stereocenters. The van der Waals surface area contributed by atoms with Crippen molar-refractivity contribution in [3.63, 3.8) is 0 Å². The lowest BCUT2D eigenvalue weighted by Gasteiger charge is -2.36. The molecule has 31 heavy (non-hydrogen) atoms. The lowest BCUT2D eigenvalue weighted by molar-refractivity contribution is -0.139. The number of amides is 1. The highest BCUT2D eigenvalue weighted by molar-refractivity contribution is 5.86. The number of hydrogen-bond acceptors (Lipinski definition) is 5. The molecule has 2 aromatic carbocycles. The monoisotopic (exact) mass is 425 g/mol. The number of benzene rings is 2. The molecule has 1 N–H and O–H groups in total. The highest BCUT2D eigenvalue weighted by Gasteiger charge is 2.35. The van der Waals surface area contributed by atoms with Gasteiger partial charge in [-0.1, -0.05) is 43.5 Å². The summed E-state index contributed by atoms with van der Waals surface area (Å²) in [6.45, 7) is 8.02. The molecular weight excluding hydrogens is 394 g/mol. The van der Waals surface area contributed by atoms with Gasteiger partial charge in [-0.25, -0.2) is 4.79 Å². The quantitative estimate of drug-likeness (QED) is 0.482. The summed E-state index contributed by atoms with van der Waals surface area (Å²) in [6.07, 6.45) is 3.45. The third-order valence-electron chi connectivity index (χ3n) is 5.46. The van der Waals surface area contributed by atoms with E-state index in [-0.39, 0.29) is 6.54 Å². The lowest BCUT2D eigenvalue weighted by atomic mass is 9.84. The van der Waals surface area contributed by atoms with Crippen LogP contribution in [0.4, 0.5) is 4.79 Å². The Morgan fingerprint density at radius 3 is 2.61 bits per heavy atom. The van der Waals surface area contributed by atoms with Crippen LogP contribution in [-0.2, 0) is 21.6 Å². The fraction of sp³-hybridized carbons (Fsp3) is 0.440. The average molecular weight is 426 g/mol. The van der Waals surface area contributed by atoms with Crippen molar-refractivity contribution < 1.29 is 23.8 Å². The first kappa shape index (κ1) is 22.7. The van der Waals surface area contributed by atoms with Crippen LogP contribution in [0, 0.1) is 6.92 Å². The van der Waals surface area contributed by atoms with E-state index in [0.29, 0.717) is 11.5 Å². The normalized spacial score (nSPS) is 13.5. The lowest BCUT2D eigenvalue weighted by Crippen LogP contribution is -2.33. The van der Waals surface area contributed by atoms with Crippen molar-refractivity contribution in [2.75, 3.05) is 13.7 Å². The van der Waals surface area contributed by atoms with Crippen LogP contribution in [0.25, 0.3) is 11.1 Å². The highest BCUT2D eigenvalue weighted by atomic mass is 16.6. The Balaban J connectivity index is 2.03. The van der Waals surface area contributed by atoms with E-state index < -0.39 is 17.7 Å². The molecule has 2 aromatic rings. The molecule has 0 bridgehead atoms. The molecular formula is C25H31NO5. The molecule has 1 amide bonds. The number of esters is 1. The molecule has 3 rings (SSSR count). The SMILES string of the molecule is CCCCCc1cc(OC(=O)NCC(=O)OC)c2c(c1)OC(C)(C)c1ccc(C)cc1-2. The van der Waals surface area contributed by atoms with E-state index in [1.54, 1.807) is 0 Å². The summed E-state index contributed by atoms with van der Waals surface area (Å²) in [5.41, 5.74) is 4.42. The fourth-order valence-corrected chi connectivity index (χ4v) is 3.87. The van der Waals surface area contributed by atoms with E-state index in [0.717, 1.165) is 53.5 Å². The first-order chi connectivity index (χ1) is 14.7. The maximum absolute atomic E-state index is 12.4. The van der Waals surface area contributed by atoms with Crippen molar-refractivity contribution in [1.29, 1.82) is 0 Å². The summed E-state index contributed by atoms with van der Waals surface area (Å²) in [4.78, 5) is 23.8. The molecule has 0 saturated carbocycles. The Morgan fingerprint density at radius 1 is 1.13 bits per heavy atom. The largest absolute Gasteiger partial charge is 0.482 e. The standard InChI is InChI=1S/C25H31NO5/c1-6-7-8-9-17-13-20(30-24(28)26-15-22(27)29-5)23-18-12-16(2)10-11-19(18)25(3,4)31-21(23)14-17/h10-14H,6-9,15H2,1-5H3,(H,26,28). The van der Waals surface area contributed by atoms with Crippen molar-refractivity contribution in [2.45, 2.75) is 59.0 Å². The maximum Gasteiger partial charge on any atom is 0.413 e. The second-order valence-corrected chi connectivity index (χ2v) is 8.40. The summed E-state index contributed by atoms with van der Waals surface area (Å²) < 4.78 is 16.6. The van der Waals surface area contributed by atoms with Gasteiger partial charge in [0.1, 0.15) is 23.6 Å². The van der Waals surface area contributed by atoms with Gasteiger partial charge in [-0.05, 0) is 56.9 Å². The van der Waals surface area contributed by atoms with Crippen LogP contribution in [0.1, 0.15) is 56.7 Å². The summed E-state index contributed by atoms with van der Waals surface area (Å²) in [7, 11) is 1.27. The molecule has 0 aromatic heterocycles. The van der Waals surface area contributed by atoms with Crippen LogP contribution in [-0.4, -0.2) is 25.7 Å².